The van der Waals surface area contributed by atoms with E-state index in [1.165, 1.54) is 120 Å². The van der Waals surface area contributed by atoms with E-state index in [4.69, 9.17) is 0 Å². The molecular formula is C27H49NO2. The van der Waals surface area contributed by atoms with Crippen LogP contribution in [-0.2, 0) is 9.59 Å². The molecule has 2 amide bonds. The zero-order valence-corrected chi connectivity index (χ0v) is 20.0. The lowest BCUT2D eigenvalue weighted by Gasteiger charge is -2.12. The van der Waals surface area contributed by atoms with Gasteiger partial charge in [-0.05, 0) is 6.42 Å². The van der Waals surface area contributed by atoms with Gasteiger partial charge in [0.25, 0.3) is 5.91 Å². The molecule has 1 aliphatic heterocycles. The lowest BCUT2D eigenvalue weighted by Crippen LogP contribution is -2.30. The van der Waals surface area contributed by atoms with Crippen LogP contribution in [0.4, 0.5) is 0 Å². The molecule has 0 aromatic carbocycles. The van der Waals surface area contributed by atoms with Gasteiger partial charge in [-0.25, -0.2) is 0 Å². The molecule has 1 fully saturated rings. The number of likely N-dealkylation sites (tertiary alicyclic amines) is 1. The molecule has 1 aliphatic rings. The molecule has 0 N–H and O–H groups in total. The number of imide groups is 1. The van der Waals surface area contributed by atoms with Crippen LogP contribution in [0, 0.1) is 0 Å². The molecular weight excluding hydrogens is 370 g/mol. The third-order valence-electron chi connectivity index (χ3n) is 6.45. The first kappa shape index (κ1) is 26.9. The van der Waals surface area contributed by atoms with Crippen molar-refractivity contribution >= 4 is 11.8 Å². The van der Waals surface area contributed by atoms with Gasteiger partial charge < -0.3 is 0 Å². The number of amides is 2. The van der Waals surface area contributed by atoms with E-state index in [1.54, 1.807) is 0 Å². The average molecular weight is 420 g/mol. The molecule has 1 saturated heterocycles. The summed E-state index contributed by atoms with van der Waals surface area (Å²) >= 11 is 0. The van der Waals surface area contributed by atoms with Crippen molar-refractivity contribution < 1.29 is 9.59 Å². The highest BCUT2D eigenvalue weighted by atomic mass is 16.2. The fourth-order valence-electron chi connectivity index (χ4n) is 4.41. The second-order valence-corrected chi connectivity index (χ2v) is 9.35. The van der Waals surface area contributed by atoms with E-state index in [-0.39, 0.29) is 18.2 Å². The quantitative estimate of drug-likeness (QED) is 0.107. The fourth-order valence-corrected chi connectivity index (χ4v) is 4.41. The van der Waals surface area contributed by atoms with Gasteiger partial charge in [-0.15, -0.1) is 0 Å². The number of carbonyl (C=O) groups is 2. The smallest absolute Gasteiger partial charge is 0.256 e. The molecule has 1 heterocycles. The van der Waals surface area contributed by atoms with Crippen molar-refractivity contribution in [1.82, 2.24) is 4.90 Å². The van der Waals surface area contributed by atoms with Crippen LogP contribution in [-0.4, -0.2) is 23.3 Å². The van der Waals surface area contributed by atoms with Crippen molar-refractivity contribution in [3.63, 3.8) is 0 Å². The lowest BCUT2D eigenvalue weighted by molar-refractivity contribution is -0.137. The molecule has 0 aromatic heterocycles. The van der Waals surface area contributed by atoms with Gasteiger partial charge in [0.2, 0.25) is 5.91 Å². The topological polar surface area (TPSA) is 37.4 Å². The Labute approximate surface area is 187 Å². The molecule has 30 heavy (non-hydrogen) atoms. The summed E-state index contributed by atoms with van der Waals surface area (Å²) in [5.74, 6) is -0.222. The van der Waals surface area contributed by atoms with E-state index in [1.807, 2.05) is 0 Å². The number of nitrogens with zero attached hydrogens (tertiary/aromatic N) is 1. The first-order valence-electron chi connectivity index (χ1n) is 13.2. The molecule has 0 aliphatic carbocycles. The second-order valence-electron chi connectivity index (χ2n) is 9.35. The van der Waals surface area contributed by atoms with E-state index >= 15 is 0 Å². The van der Waals surface area contributed by atoms with Gasteiger partial charge in [-0.2, -0.15) is 0 Å². The third-order valence-corrected chi connectivity index (χ3v) is 6.45. The minimum atomic E-state index is -0.155. The maximum atomic E-state index is 11.8. The Hall–Kier alpha value is -1.12. The minimum absolute atomic E-state index is 0.0668. The first-order chi connectivity index (χ1) is 14.7. The van der Waals surface area contributed by atoms with Crippen LogP contribution in [0.3, 0.4) is 0 Å². The summed E-state index contributed by atoms with van der Waals surface area (Å²) in [5, 5.41) is 0. The highest BCUT2D eigenvalue weighted by Gasteiger charge is 2.31. The van der Waals surface area contributed by atoms with Crippen molar-refractivity contribution in [2.24, 2.45) is 0 Å². The van der Waals surface area contributed by atoms with E-state index in [9.17, 15) is 9.59 Å². The van der Waals surface area contributed by atoms with Crippen molar-refractivity contribution in [3.05, 3.63) is 12.2 Å². The highest BCUT2D eigenvalue weighted by molar-refractivity contribution is 6.12. The lowest BCUT2D eigenvalue weighted by atomic mass is 10.0. The molecule has 1 rings (SSSR count). The fraction of sp³-hybridized carbons (Fsp3) is 0.852. The van der Waals surface area contributed by atoms with Crippen LogP contribution >= 0.6 is 0 Å². The predicted molar refractivity (Wildman–Crippen MR) is 128 cm³/mol. The van der Waals surface area contributed by atoms with Crippen LogP contribution in [0.2, 0.25) is 0 Å². The summed E-state index contributed by atoms with van der Waals surface area (Å²) in [5.41, 5.74) is 0.452. The van der Waals surface area contributed by atoms with Crippen molar-refractivity contribution in [2.75, 3.05) is 6.54 Å². The van der Waals surface area contributed by atoms with E-state index < -0.39 is 0 Å². The van der Waals surface area contributed by atoms with Gasteiger partial charge >= 0.3 is 0 Å². The van der Waals surface area contributed by atoms with Gasteiger partial charge in [0, 0.05) is 12.1 Å². The zero-order valence-electron chi connectivity index (χ0n) is 20.0. The third kappa shape index (κ3) is 13.2. The van der Waals surface area contributed by atoms with Gasteiger partial charge in [0.15, 0.2) is 0 Å². The summed E-state index contributed by atoms with van der Waals surface area (Å²) in [6.07, 6.45) is 27.4. The van der Waals surface area contributed by atoms with E-state index in [0.717, 1.165) is 12.8 Å². The monoisotopic (exact) mass is 419 g/mol. The van der Waals surface area contributed by atoms with Gasteiger partial charge in [-0.3, -0.25) is 14.5 Å². The predicted octanol–water partition coefficient (Wildman–Crippen LogP) is 8.12. The number of unbranched alkanes of at least 4 members (excludes halogenated alkanes) is 19. The normalized spacial score (nSPS) is 14.3. The Morgan fingerprint density at radius 1 is 0.600 bits per heavy atom. The largest absolute Gasteiger partial charge is 0.279 e. The molecule has 0 bridgehead atoms. The molecule has 3 nitrogen and oxygen atoms in total. The van der Waals surface area contributed by atoms with E-state index in [2.05, 4.69) is 13.5 Å². The second kappa shape index (κ2) is 18.6. The molecule has 3 heteroatoms. The summed E-state index contributed by atoms with van der Waals surface area (Å²) < 4.78 is 0. The minimum Gasteiger partial charge on any atom is -0.279 e. The molecule has 0 atom stereocenters. The SMILES string of the molecule is C=C1CC(=O)N(CCCCCCCCCCCCCCCCCCCCCC)C1=O. The van der Waals surface area contributed by atoms with Crippen molar-refractivity contribution in [2.45, 2.75) is 142 Å². The van der Waals surface area contributed by atoms with Gasteiger partial charge in [0.05, 0.1) is 6.42 Å². The Balaban J connectivity index is 1.73. The maximum absolute atomic E-state index is 11.8. The molecule has 0 radical (unpaired) electrons. The molecule has 174 valence electrons. The first-order valence-corrected chi connectivity index (χ1v) is 13.2. The standard InChI is InChI=1S/C27H49NO2/c1-3-4-5-6-7-8-9-10-11-12-13-14-15-16-17-18-19-20-21-22-23-28-26(29)24-25(2)27(28)30/h2-24H2,1H3. The Morgan fingerprint density at radius 3 is 1.23 bits per heavy atom. The Kier molecular flexibility index (Phi) is 16.7. The molecule has 0 saturated carbocycles. The number of rotatable bonds is 21. The summed E-state index contributed by atoms with van der Waals surface area (Å²) in [4.78, 5) is 24.8. The van der Waals surface area contributed by atoms with Crippen LogP contribution in [0.5, 0.6) is 0 Å². The zero-order chi connectivity index (χ0) is 21.9. The molecule has 0 aromatic rings. The summed E-state index contributed by atoms with van der Waals surface area (Å²) in [7, 11) is 0. The Morgan fingerprint density at radius 2 is 0.933 bits per heavy atom. The average Bonchev–Trinajstić information content (AvgIpc) is 2.98. The van der Waals surface area contributed by atoms with Crippen molar-refractivity contribution in [3.8, 4) is 0 Å². The van der Waals surface area contributed by atoms with Crippen LogP contribution in [0.25, 0.3) is 0 Å². The number of carbonyl (C=O) groups excluding carboxylic acids is 2. The highest BCUT2D eigenvalue weighted by Crippen LogP contribution is 2.18. The maximum Gasteiger partial charge on any atom is 0.256 e. The van der Waals surface area contributed by atoms with Crippen LogP contribution in [0.1, 0.15) is 142 Å². The van der Waals surface area contributed by atoms with E-state index in [0.29, 0.717) is 12.1 Å². The van der Waals surface area contributed by atoms with Crippen LogP contribution in [0.15, 0.2) is 12.2 Å². The van der Waals surface area contributed by atoms with Crippen LogP contribution < -0.4 is 0 Å². The van der Waals surface area contributed by atoms with Crippen molar-refractivity contribution in [1.29, 1.82) is 0 Å². The Bertz CT molecular complexity index is 471. The summed E-state index contributed by atoms with van der Waals surface area (Å²) in [6, 6.07) is 0. The van der Waals surface area contributed by atoms with Gasteiger partial charge in [-0.1, -0.05) is 135 Å². The number of hydrogen-bond donors (Lipinski definition) is 0. The summed E-state index contributed by atoms with van der Waals surface area (Å²) in [6.45, 7) is 6.52. The molecule has 0 unspecified atom stereocenters. The van der Waals surface area contributed by atoms with Gasteiger partial charge in [0.1, 0.15) is 0 Å². The number of hydrogen-bond acceptors (Lipinski definition) is 2. The molecule has 0 spiro atoms.